The third-order valence-corrected chi connectivity index (χ3v) is 4.84. The number of carbonyl (C=O) groups is 3. The van der Waals surface area contributed by atoms with E-state index in [-0.39, 0.29) is 23.7 Å². The van der Waals surface area contributed by atoms with Gasteiger partial charge in [0.2, 0.25) is 11.8 Å². The topological polar surface area (TPSA) is 74.7 Å². The number of amides is 2. The quantitative estimate of drug-likeness (QED) is 0.579. The van der Waals surface area contributed by atoms with Crippen LogP contribution in [0.2, 0.25) is 0 Å². The van der Waals surface area contributed by atoms with Crippen molar-refractivity contribution in [2.24, 2.45) is 5.41 Å². The molecule has 5 nitrogen and oxygen atoms in total. The average Bonchev–Trinajstić information content (AvgIpc) is 2.83. The van der Waals surface area contributed by atoms with E-state index in [4.69, 9.17) is 5.11 Å². The Balaban J connectivity index is 1.70. The highest BCUT2D eigenvalue weighted by atomic mass is 16.4. The lowest BCUT2D eigenvalue weighted by molar-refractivity contribution is -0.153. The minimum absolute atomic E-state index is 0.00122. The van der Waals surface area contributed by atoms with Gasteiger partial charge in [0, 0.05) is 25.8 Å². The van der Waals surface area contributed by atoms with E-state index in [2.05, 4.69) is 0 Å². The molecule has 0 unspecified atom stereocenters. The third-order valence-electron chi connectivity index (χ3n) is 4.84. The fraction of sp³-hybridized carbons (Fsp3) is 0.812. The number of carbonyl (C=O) groups excluding carboxylic acids is 2. The zero-order chi connectivity index (χ0) is 15.3. The van der Waals surface area contributed by atoms with Gasteiger partial charge < -0.3 is 5.11 Å². The predicted molar refractivity (Wildman–Crippen MR) is 77.6 cm³/mol. The smallest absolute Gasteiger partial charge is 0.303 e. The van der Waals surface area contributed by atoms with Crippen LogP contribution in [-0.2, 0) is 14.4 Å². The zero-order valence-electron chi connectivity index (χ0n) is 12.6. The van der Waals surface area contributed by atoms with E-state index in [0.29, 0.717) is 25.8 Å². The van der Waals surface area contributed by atoms with Crippen molar-refractivity contribution in [2.75, 3.05) is 6.54 Å². The van der Waals surface area contributed by atoms with E-state index in [1.807, 2.05) is 0 Å². The Morgan fingerprint density at radius 3 is 2.14 bits per heavy atom. The summed E-state index contributed by atoms with van der Waals surface area (Å²) in [6.45, 7) is 0.501. The Kier molecular flexibility index (Phi) is 5.37. The Bertz CT molecular complexity index is 393. The molecule has 2 rings (SSSR count). The number of nitrogens with zero attached hydrogens (tertiary/aromatic N) is 1. The molecule has 1 N–H and O–H groups in total. The molecule has 2 amide bonds. The molecule has 1 saturated carbocycles. The summed E-state index contributed by atoms with van der Waals surface area (Å²) in [6.07, 6.45) is 8.77. The molecule has 0 aromatic carbocycles. The van der Waals surface area contributed by atoms with Crippen LogP contribution in [0.5, 0.6) is 0 Å². The van der Waals surface area contributed by atoms with Crippen LogP contribution in [0, 0.1) is 5.41 Å². The van der Waals surface area contributed by atoms with Gasteiger partial charge in [0.05, 0.1) is 0 Å². The first-order chi connectivity index (χ1) is 10.0. The highest BCUT2D eigenvalue weighted by molar-refractivity contribution is 5.98. The minimum Gasteiger partial charge on any atom is -0.481 e. The van der Waals surface area contributed by atoms with E-state index in [9.17, 15) is 14.4 Å². The van der Waals surface area contributed by atoms with Gasteiger partial charge in [0.15, 0.2) is 0 Å². The van der Waals surface area contributed by atoms with E-state index in [1.165, 1.54) is 4.90 Å². The molecule has 1 saturated heterocycles. The standard InChI is InChI=1S/C16H25NO4/c18-13-11-16(8-4-5-9-16)12-14(19)17(13)10-6-2-1-3-7-15(20)21/h1-12H2,(H,20,21). The first-order valence-corrected chi connectivity index (χ1v) is 8.07. The Hall–Kier alpha value is -1.39. The van der Waals surface area contributed by atoms with Crippen LogP contribution in [0.3, 0.4) is 0 Å². The molecular formula is C16H25NO4. The van der Waals surface area contributed by atoms with Gasteiger partial charge in [0.25, 0.3) is 0 Å². The highest BCUT2D eigenvalue weighted by Crippen LogP contribution is 2.46. The number of carboxylic acids is 1. The first-order valence-electron chi connectivity index (χ1n) is 8.07. The van der Waals surface area contributed by atoms with Gasteiger partial charge in [-0.1, -0.05) is 25.7 Å². The first kappa shape index (κ1) is 16.0. The molecule has 5 heteroatoms. The van der Waals surface area contributed by atoms with Gasteiger partial charge >= 0.3 is 5.97 Å². The van der Waals surface area contributed by atoms with Crippen LogP contribution < -0.4 is 0 Å². The van der Waals surface area contributed by atoms with Gasteiger partial charge in [0.1, 0.15) is 0 Å². The molecule has 1 spiro atoms. The van der Waals surface area contributed by atoms with Crippen molar-refractivity contribution in [3.8, 4) is 0 Å². The highest BCUT2D eigenvalue weighted by Gasteiger charge is 2.44. The molecule has 0 aromatic heterocycles. The summed E-state index contributed by atoms with van der Waals surface area (Å²) in [7, 11) is 0. The second-order valence-corrected chi connectivity index (χ2v) is 6.56. The number of imide groups is 1. The summed E-state index contributed by atoms with van der Waals surface area (Å²) in [5.74, 6) is -0.768. The van der Waals surface area contributed by atoms with Crippen molar-refractivity contribution in [2.45, 2.75) is 70.6 Å². The molecule has 2 aliphatic rings. The van der Waals surface area contributed by atoms with Crippen LogP contribution in [0.15, 0.2) is 0 Å². The van der Waals surface area contributed by atoms with Crippen molar-refractivity contribution in [1.29, 1.82) is 0 Å². The molecule has 0 bridgehead atoms. The Morgan fingerprint density at radius 2 is 1.57 bits per heavy atom. The van der Waals surface area contributed by atoms with Gasteiger partial charge in [-0.15, -0.1) is 0 Å². The lowest BCUT2D eigenvalue weighted by Crippen LogP contribution is -2.47. The Labute approximate surface area is 125 Å². The van der Waals surface area contributed by atoms with Crippen molar-refractivity contribution < 1.29 is 19.5 Å². The van der Waals surface area contributed by atoms with Gasteiger partial charge in [-0.25, -0.2) is 0 Å². The van der Waals surface area contributed by atoms with Crippen LogP contribution in [0.1, 0.15) is 70.6 Å². The zero-order valence-corrected chi connectivity index (χ0v) is 12.6. The maximum absolute atomic E-state index is 12.2. The molecule has 1 aliphatic carbocycles. The second kappa shape index (κ2) is 7.05. The maximum atomic E-state index is 12.2. The molecule has 118 valence electrons. The van der Waals surface area contributed by atoms with Crippen molar-refractivity contribution >= 4 is 17.8 Å². The summed E-state index contributed by atoms with van der Waals surface area (Å²) in [4.78, 5) is 36.2. The largest absolute Gasteiger partial charge is 0.481 e. The number of likely N-dealkylation sites (tertiary alicyclic amines) is 1. The fourth-order valence-corrected chi connectivity index (χ4v) is 3.66. The summed E-state index contributed by atoms with van der Waals surface area (Å²) in [6, 6.07) is 0. The summed E-state index contributed by atoms with van der Waals surface area (Å²) in [5.41, 5.74) is -0.0217. The number of piperidine rings is 1. The monoisotopic (exact) mass is 295 g/mol. The normalized spacial score (nSPS) is 21.2. The van der Waals surface area contributed by atoms with E-state index in [0.717, 1.165) is 44.9 Å². The molecule has 0 atom stereocenters. The number of rotatable bonds is 7. The van der Waals surface area contributed by atoms with Gasteiger partial charge in [-0.2, -0.15) is 0 Å². The third kappa shape index (κ3) is 4.29. The number of hydrogen-bond acceptors (Lipinski definition) is 3. The lowest BCUT2D eigenvalue weighted by atomic mass is 9.76. The lowest BCUT2D eigenvalue weighted by Gasteiger charge is -2.37. The minimum atomic E-state index is -0.766. The average molecular weight is 295 g/mol. The van der Waals surface area contributed by atoms with Crippen LogP contribution >= 0.6 is 0 Å². The molecular weight excluding hydrogens is 270 g/mol. The fourth-order valence-electron chi connectivity index (χ4n) is 3.66. The van der Waals surface area contributed by atoms with Gasteiger partial charge in [-0.3, -0.25) is 19.3 Å². The Morgan fingerprint density at radius 1 is 1.00 bits per heavy atom. The molecule has 21 heavy (non-hydrogen) atoms. The van der Waals surface area contributed by atoms with Crippen molar-refractivity contribution in [1.82, 2.24) is 4.90 Å². The second-order valence-electron chi connectivity index (χ2n) is 6.56. The number of hydrogen-bond donors (Lipinski definition) is 1. The summed E-state index contributed by atoms with van der Waals surface area (Å²) >= 11 is 0. The summed E-state index contributed by atoms with van der Waals surface area (Å²) < 4.78 is 0. The van der Waals surface area contributed by atoms with E-state index >= 15 is 0 Å². The predicted octanol–water partition coefficient (Wildman–Crippen LogP) is 2.73. The van der Waals surface area contributed by atoms with Crippen LogP contribution in [0.25, 0.3) is 0 Å². The molecule has 0 aromatic rings. The van der Waals surface area contributed by atoms with E-state index < -0.39 is 5.97 Å². The van der Waals surface area contributed by atoms with E-state index in [1.54, 1.807) is 0 Å². The molecule has 0 radical (unpaired) electrons. The van der Waals surface area contributed by atoms with Crippen molar-refractivity contribution in [3.05, 3.63) is 0 Å². The SMILES string of the molecule is O=C(O)CCCCCCN1C(=O)CC2(CCCC2)CC1=O. The number of aliphatic carboxylic acids is 1. The van der Waals surface area contributed by atoms with Crippen LogP contribution in [0.4, 0.5) is 0 Å². The van der Waals surface area contributed by atoms with Crippen LogP contribution in [-0.4, -0.2) is 34.3 Å². The maximum Gasteiger partial charge on any atom is 0.303 e. The molecule has 2 fully saturated rings. The number of unbranched alkanes of at least 4 members (excludes halogenated alkanes) is 3. The molecule has 1 heterocycles. The summed E-state index contributed by atoms with van der Waals surface area (Å²) in [5, 5.41) is 8.55. The molecule has 1 aliphatic heterocycles. The van der Waals surface area contributed by atoms with Gasteiger partial charge in [-0.05, 0) is 31.1 Å². The number of carboxylic acid groups (broad SMARTS) is 1. The van der Waals surface area contributed by atoms with Crippen molar-refractivity contribution in [3.63, 3.8) is 0 Å².